The predicted molar refractivity (Wildman–Crippen MR) is 75.6 cm³/mol. The highest BCUT2D eigenvalue weighted by atomic mass is 32.2. The van der Waals surface area contributed by atoms with Crippen LogP contribution in [0.15, 0.2) is 35.4 Å². The van der Waals surface area contributed by atoms with E-state index in [0.717, 1.165) is 4.90 Å². The molecule has 2 N–H and O–H groups in total. The Morgan fingerprint density at radius 2 is 2.11 bits per heavy atom. The summed E-state index contributed by atoms with van der Waals surface area (Å²) >= 11 is 1.58. The highest BCUT2D eigenvalue weighted by Crippen LogP contribution is 2.32. The molecule has 1 aromatic carbocycles. The zero-order valence-corrected chi connectivity index (χ0v) is 11.4. The standard InChI is InChI=1S/C12H14N4O2S/c1-8(2)19-11-7-14-15(12(11)13)9-5-3-4-6-10(9)16(17)18/h3-8H,13H2,1-2H3. The predicted octanol–water partition coefficient (Wildman–Crippen LogP) is 2.86. The summed E-state index contributed by atoms with van der Waals surface area (Å²) in [5.41, 5.74) is 6.37. The van der Waals surface area contributed by atoms with Crippen LogP contribution in [0.1, 0.15) is 13.8 Å². The number of nitro groups is 1. The van der Waals surface area contributed by atoms with Crippen molar-refractivity contribution in [3.05, 3.63) is 40.6 Å². The molecule has 0 fully saturated rings. The topological polar surface area (TPSA) is 87.0 Å². The summed E-state index contributed by atoms with van der Waals surface area (Å²) in [6.07, 6.45) is 1.64. The Labute approximate surface area is 114 Å². The van der Waals surface area contributed by atoms with Gasteiger partial charge in [-0.1, -0.05) is 26.0 Å². The first-order valence-electron chi connectivity index (χ1n) is 5.74. The van der Waals surface area contributed by atoms with Crippen LogP contribution in [0.4, 0.5) is 11.5 Å². The van der Waals surface area contributed by atoms with Gasteiger partial charge in [0.25, 0.3) is 5.69 Å². The van der Waals surface area contributed by atoms with E-state index in [0.29, 0.717) is 16.8 Å². The maximum Gasteiger partial charge on any atom is 0.294 e. The second kappa shape index (κ2) is 5.31. The molecule has 1 heterocycles. The fourth-order valence-corrected chi connectivity index (χ4v) is 2.50. The van der Waals surface area contributed by atoms with Crippen molar-refractivity contribution in [2.24, 2.45) is 0 Å². The van der Waals surface area contributed by atoms with E-state index in [9.17, 15) is 10.1 Å². The van der Waals surface area contributed by atoms with Crippen molar-refractivity contribution >= 4 is 23.3 Å². The quantitative estimate of drug-likeness (QED) is 0.528. The Morgan fingerprint density at radius 1 is 1.42 bits per heavy atom. The van der Waals surface area contributed by atoms with E-state index in [1.54, 1.807) is 36.2 Å². The Kier molecular flexibility index (Phi) is 3.75. The zero-order chi connectivity index (χ0) is 14.0. The first-order valence-corrected chi connectivity index (χ1v) is 6.62. The van der Waals surface area contributed by atoms with Crippen LogP contribution < -0.4 is 5.73 Å². The molecule has 0 bridgehead atoms. The van der Waals surface area contributed by atoms with Gasteiger partial charge in [0.05, 0.1) is 16.0 Å². The Morgan fingerprint density at radius 3 is 2.74 bits per heavy atom. The molecule has 0 unspecified atom stereocenters. The van der Waals surface area contributed by atoms with Crippen LogP contribution in [0.3, 0.4) is 0 Å². The number of hydrogen-bond donors (Lipinski definition) is 1. The number of anilines is 1. The Bertz CT molecular complexity index is 610. The van der Waals surface area contributed by atoms with Crippen molar-refractivity contribution in [1.82, 2.24) is 9.78 Å². The first kappa shape index (κ1) is 13.4. The lowest BCUT2D eigenvalue weighted by Gasteiger charge is -2.06. The van der Waals surface area contributed by atoms with E-state index in [4.69, 9.17) is 5.73 Å². The van der Waals surface area contributed by atoms with Gasteiger partial charge in [0.2, 0.25) is 0 Å². The molecule has 0 aliphatic heterocycles. The monoisotopic (exact) mass is 278 g/mol. The number of aromatic nitrogens is 2. The van der Waals surface area contributed by atoms with E-state index in [-0.39, 0.29) is 5.69 Å². The molecule has 0 saturated heterocycles. The van der Waals surface area contributed by atoms with E-state index in [1.807, 2.05) is 13.8 Å². The van der Waals surface area contributed by atoms with Gasteiger partial charge in [0, 0.05) is 11.3 Å². The summed E-state index contributed by atoms with van der Waals surface area (Å²) in [7, 11) is 0. The minimum absolute atomic E-state index is 0.0154. The molecular formula is C12H14N4O2S. The smallest absolute Gasteiger partial charge is 0.294 e. The van der Waals surface area contributed by atoms with Gasteiger partial charge < -0.3 is 5.73 Å². The second-order valence-electron chi connectivity index (χ2n) is 4.22. The molecule has 0 spiro atoms. The molecule has 0 radical (unpaired) electrons. The number of nitrogen functional groups attached to an aromatic ring is 1. The summed E-state index contributed by atoms with van der Waals surface area (Å²) in [6, 6.07) is 6.40. The number of nitro benzene ring substituents is 1. The molecule has 2 aromatic rings. The third-order valence-electron chi connectivity index (χ3n) is 2.44. The maximum absolute atomic E-state index is 11.0. The fraction of sp³-hybridized carbons (Fsp3) is 0.250. The molecular weight excluding hydrogens is 264 g/mol. The number of nitrogens with zero attached hydrogens (tertiary/aromatic N) is 3. The van der Waals surface area contributed by atoms with Gasteiger partial charge in [0.1, 0.15) is 11.5 Å². The summed E-state index contributed by atoms with van der Waals surface area (Å²) in [5, 5.41) is 15.5. The lowest BCUT2D eigenvalue weighted by atomic mass is 10.3. The molecule has 1 aromatic heterocycles. The molecule has 2 rings (SSSR count). The molecule has 0 amide bonds. The van der Waals surface area contributed by atoms with Gasteiger partial charge in [-0.05, 0) is 6.07 Å². The number of hydrogen-bond acceptors (Lipinski definition) is 5. The molecule has 0 aliphatic rings. The van der Waals surface area contributed by atoms with Gasteiger partial charge >= 0.3 is 0 Å². The summed E-state index contributed by atoms with van der Waals surface area (Å²) in [6.45, 7) is 4.10. The molecule has 0 aliphatic carbocycles. The molecule has 19 heavy (non-hydrogen) atoms. The minimum atomic E-state index is -0.439. The second-order valence-corrected chi connectivity index (χ2v) is 5.84. The third-order valence-corrected chi connectivity index (χ3v) is 3.48. The third kappa shape index (κ3) is 2.70. The van der Waals surface area contributed by atoms with Crippen molar-refractivity contribution in [2.45, 2.75) is 24.0 Å². The lowest BCUT2D eigenvalue weighted by Crippen LogP contribution is -2.05. The molecule has 0 saturated carbocycles. The average Bonchev–Trinajstić information content (AvgIpc) is 2.70. The lowest BCUT2D eigenvalue weighted by molar-refractivity contribution is -0.384. The van der Waals surface area contributed by atoms with Crippen LogP contribution in [0.2, 0.25) is 0 Å². The minimum Gasteiger partial charge on any atom is -0.383 e. The number of rotatable bonds is 4. The molecule has 6 nitrogen and oxygen atoms in total. The van der Waals surface area contributed by atoms with Crippen LogP contribution in [0.25, 0.3) is 5.69 Å². The summed E-state index contributed by atoms with van der Waals surface area (Å²) in [5.74, 6) is 0.424. The van der Waals surface area contributed by atoms with E-state index in [1.165, 1.54) is 10.7 Å². The highest BCUT2D eigenvalue weighted by Gasteiger charge is 2.18. The van der Waals surface area contributed by atoms with Crippen molar-refractivity contribution in [1.29, 1.82) is 0 Å². The van der Waals surface area contributed by atoms with Crippen molar-refractivity contribution in [3.63, 3.8) is 0 Å². The number of nitrogens with two attached hydrogens (primary N) is 1. The van der Waals surface area contributed by atoms with Crippen LogP contribution in [0, 0.1) is 10.1 Å². The summed E-state index contributed by atoms with van der Waals surface area (Å²) < 4.78 is 1.41. The van der Waals surface area contributed by atoms with Crippen LogP contribution in [0.5, 0.6) is 0 Å². The maximum atomic E-state index is 11.0. The van der Waals surface area contributed by atoms with E-state index in [2.05, 4.69) is 5.10 Å². The van der Waals surface area contributed by atoms with E-state index < -0.39 is 4.92 Å². The average molecular weight is 278 g/mol. The fourth-order valence-electron chi connectivity index (χ4n) is 1.68. The van der Waals surface area contributed by atoms with Crippen LogP contribution >= 0.6 is 11.8 Å². The van der Waals surface area contributed by atoms with Gasteiger partial charge in [-0.2, -0.15) is 5.10 Å². The number of para-hydroxylation sites is 2. The zero-order valence-electron chi connectivity index (χ0n) is 10.6. The Balaban J connectivity index is 2.48. The van der Waals surface area contributed by atoms with Gasteiger partial charge in [-0.25, -0.2) is 4.68 Å². The normalized spacial score (nSPS) is 10.9. The Hall–Kier alpha value is -2.02. The van der Waals surface area contributed by atoms with E-state index >= 15 is 0 Å². The van der Waals surface area contributed by atoms with Crippen molar-refractivity contribution in [2.75, 3.05) is 5.73 Å². The highest BCUT2D eigenvalue weighted by molar-refractivity contribution is 8.00. The SMILES string of the molecule is CC(C)Sc1cnn(-c2ccccc2[N+](=O)[O-])c1N. The molecule has 0 atom stereocenters. The van der Waals surface area contributed by atoms with Gasteiger partial charge in [-0.15, -0.1) is 11.8 Å². The van der Waals surface area contributed by atoms with Gasteiger partial charge in [0.15, 0.2) is 0 Å². The largest absolute Gasteiger partial charge is 0.383 e. The number of thioether (sulfide) groups is 1. The van der Waals surface area contributed by atoms with Crippen LogP contribution in [-0.2, 0) is 0 Å². The van der Waals surface area contributed by atoms with Gasteiger partial charge in [-0.3, -0.25) is 10.1 Å². The number of benzene rings is 1. The van der Waals surface area contributed by atoms with Crippen LogP contribution in [-0.4, -0.2) is 20.0 Å². The molecule has 7 heteroatoms. The van der Waals surface area contributed by atoms with Crippen molar-refractivity contribution < 1.29 is 4.92 Å². The molecule has 100 valence electrons. The summed E-state index contributed by atoms with van der Waals surface area (Å²) in [4.78, 5) is 11.4. The first-order chi connectivity index (χ1) is 9.00. The van der Waals surface area contributed by atoms with Crippen molar-refractivity contribution in [3.8, 4) is 5.69 Å².